The van der Waals surface area contributed by atoms with Crippen LogP contribution in [0.3, 0.4) is 0 Å². The van der Waals surface area contributed by atoms with Crippen molar-refractivity contribution in [1.82, 2.24) is 25.1 Å². The van der Waals surface area contributed by atoms with Crippen LogP contribution in [-0.2, 0) is 4.74 Å². The van der Waals surface area contributed by atoms with E-state index >= 15 is 0 Å². The van der Waals surface area contributed by atoms with Crippen LogP contribution in [0.25, 0.3) is 0 Å². The van der Waals surface area contributed by atoms with Gasteiger partial charge in [0.25, 0.3) is 5.91 Å². The molecule has 1 aromatic heterocycles. The first kappa shape index (κ1) is 23.9. The second-order valence-corrected chi connectivity index (χ2v) is 10.4. The van der Waals surface area contributed by atoms with Crippen LogP contribution in [-0.4, -0.2) is 75.6 Å². The molecule has 3 aliphatic heterocycles. The number of nitrogens with zero attached hydrogens (tertiary/aromatic N) is 4. The summed E-state index contributed by atoms with van der Waals surface area (Å²) in [5.41, 5.74) is 1.88. The first-order chi connectivity index (χ1) is 15.8. The van der Waals surface area contributed by atoms with Crippen molar-refractivity contribution in [2.75, 3.05) is 32.7 Å². The molecule has 0 bridgehead atoms. The first-order valence-corrected chi connectivity index (χ1v) is 12.6. The summed E-state index contributed by atoms with van der Waals surface area (Å²) >= 11 is 0. The Morgan fingerprint density at radius 1 is 1.12 bits per heavy atom. The number of likely N-dealkylation sites (tertiary alicyclic amines) is 2. The Morgan fingerprint density at radius 3 is 2.36 bits per heavy atom. The van der Waals surface area contributed by atoms with Gasteiger partial charge in [-0.05, 0) is 40.0 Å². The van der Waals surface area contributed by atoms with Gasteiger partial charge in [0.2, 0.25) is 0 Å². The van der Waals surface area contributed by atoms with Crippen LogP contribution in [0.5, 0.6) is 0 Å². The SMILES string of the molecule is CCCC[C@H]1CNC(=O)OC12CCN(C1(C)CCN(C(=O)c3c(C)ncnc3C)CC1)CC2. The van der Waals surface area contributed by atoms with Crippen molar-refractivity contribution in [3.63, 3.8) is 0 Å². The molecule has 3 aliphatic rings. The molecular weight excluding hydrogens is 418 g/mol. The minimum Gasteiger partial charge on any atom is -0.442 e. The van der Waals surface area contributed by atoms with E-state index in [-0.39, 0.29) is 23.1 Å². The van der Waals surface area contributed by atoms with Gasteiger partial charge in [-0.25, -0.2) is 14.8 Å². The number of nitrogens with one attached hydrogen (secondary N) is 1. The van der Waals surface area contributed by atoms with Crippen LogP contribution in [0.15, 0.2) is 6.33 Å². The molecule has 1 atom stereocenters. The number of hydrogen-bond acceptors (Lipinski definition) is 6. The van der Waals surface area contributed by atoms with Crippen LogP contribution in [0.2, 0.25) is 0 Å². The second-order valence-electron chi connectivity index (χ2n) is 10.4. The molecule has 1 spiro atoms. The van der Waals surface area contributed by atoms with Gasteiger partial charge in [0, 0.05) is 57.0 Å². The zero-order valence-electron chi connectivity index (χ0n) is 20.7. The number of hydrogen-bond donors (Lipinski definition) is 1. The molecule has 1 aromatic rings. The van der Waals surface area contributed by atoms with Gasteiger partial charge in [-0.2, -0.15) is 0 Å². The monoisotopic (exact) mass is 457 g/mol. The van der Waals surface area contributed by atoms with E-state index in [1.54, 1.807) is 0 Å². The number of alkyl carbamates (subject to hydrolysis) is 1. The highest BCUT2D eigenvalue weighted by atomic mass is 16.6. The van der Waals surface area contributed by atoms with Gasteiger partial charge < -0.3 is 15.0 Å². The topological polar surface area (TPSA) is 87.7 Å². The lowest BCUT2D eigenvalue weighted by Gasteiger charge is -2.53. The number of unbranched alkanes of at least 4 members (excludes halogenated alkanes) is 1. The zero-order chi connectivity index (χ0) is 23.6. The lowest BCUT2D eigenvalue weighted by Crippen LogP contribution is -2.63. The number of ether oxygens (including phenoxy) is 1. The summed E-state index contributed by atoms with van der Waals surface area (Å²) in [6, 6.07) is 0. The number of aryl methyl sites for hydroxylation is 2. The van der Waals surface area contributed by atoms with E-state index in [4.69, 9.17) is 4.74 Å². The second kappa shape index (κ2) is 9.57. The minimum absolute atomic E-state index is 0.0469. The van der Waals surface area contributed by atoms with Gasteiger partial charge in [0.05, 0.1) is 17.0 Å². The largest absolute Gasteiger partial charge is 0.442 e. The number of aromatic nitrogens is 2. The van der Waals surface area contributed by atoms with Gasteiger partial charge in [-0.1, -0.05) is 19.8 Å². The molecule has 8 nitrogen and oxygen atoms in total. The van der Waals surface area contributed by atoms with Crippen LogP contribution >= 0.6 is 0 Å². The molecule has 0 unspecified atom stereocenters. The van der Waals surface area contributed by atoms with E-state index in [1.807, 2.05) is 18.7 Å². The summed E-state index contributed by atoms with van der Waals surface area (Å²) in [5.74, 6) is 0.440. The summed E-state index contributed by atoms with van der Waals surface area (Å²) in [6.45, 7) is 12.4. The predicted octanol–water partition coefficient (Wildman–Crippen LogP) is 3.47. The van der Waals surface area contributed by atoms with Crippen LogP contribution < -0.4 is 5.32 Å². The predicted molar refractivity (Wildman–Crippen MR) is 126 cm³/mol. The minimum atomic E-state index is -0.316. The molecular formula is C25H39N5O3. The fourth-order valence-electron chi connectivity index (χ4n) is 6.02. The summed E-state index contributed by atoms with van der Waals surface area (Å²) in [5, 5.41) is 2.91. The van der Waals surface area contributed by atoms with Crippen LogP contribution in [0.4, 0.5) is 4.79 Å². The lowest BCUT2D eigenvalue weighted by atomic mass is 9.74. The summed E-state index contributed by atoms with van der Waals surface area (Å²) in [6.07, 6.45) is 8.37. The molecule has 0 aliphatic carbocycles. The smallest absolute Gasteiger partial charge is 0.407 e. The van der Waals surface area contributed by atoms with Crippen molar-refractivity contribution in [3.05, 3.63) is 23.3 Å². The Labute approximate surface area is 197 Å². The fraction of sp³-hybridized carbons (Fsp3) is 0.760. The lowest BCUT2D eigenvalue weighted by molar-refractivity contribution is -0.111. The van der Waals surface area contributed by atoms with E-state index in [0.29, 0.717) is 11.5 Å². The average Bonchev–Trinajstić information content (AvgIpc) is 2.79. The third-order valence-corrected chi connectivity index (χ3v) is 8.38. The van der Waals surface area contributed by atoms with E-state index < -0.39 is 0 Å². The van der Waals surface area contributed by atoms with Gasteiger partial charge in [-0.3, -0.25) is 9.69 Å². The Balaban J connectivity index is 1.37. The molecule has 3 saturated heterocycles. The quantitative estimate of drug-likeness (QED) is 0.729. The van der Waals surface area contributed by atoms with Crippen molar-refractivity contribution in [2.45, 2.75) is 83.8 Å². The Hall–Kier alpha value is -2.22. The highest BCUT2D eigenvalue weighted by Gasteiger charge is 2.49. The Morgan fingerprint density at radius 2 is 1.76 bits per heavy atom. The number of carbonyl (C=O) groups excluding carboxylic acids is 2. The van der Waals surface area contributed by atoms with Crippen molar-refractivity contribution in [1.29, 1.82) is 0 Å². The van der Waals surface area contributed by atoms with Crippen LogP contribution in [0, 0.1) is 19.8 Å². The third kappa shape index (κ3) is 4.72. The molecule has 33 heavy (non-hydrogen) atoms. The molecule has 4 rings (SSSR count). The molecule has 1 N–H and O–H groups in total. The first-order valence-electron chi connectivity index (χ1n) is 12.6. The van der Waals surface area contributed by atoms with Crippen molar-refractivity contribution in [3.8, 4) is 0 Å². The summed E-state index contributed by atoms with van der Waals surface area (Å²) in [4.78, 5) is 38.2. The maximum absolute atomic E-state index is 13.2. The number of piperidine rings is 2. The molecule has 182 valence electrons. The van der Waals surface area contributed by atoms with Crippen molar-refractivity contribution >= 4 is 12.0 Å². The zero-order valence-corrected chi connectivity index (χ0v) is 20.7. The van der Waals surface area contributed by atoms with Gasteiger partial charge in [-0.15, -0.1) is 0 Å². The molecule has 0 saturated carbocycles. The summed E-state index contributed by atoms with van der Waals surface area (Å²) < 4.78 is 5.97. The van der Waals surface area contributed by atoms with E-state index in [2.05, 4.69) is 34.0 Å². The van der Waals surface area contributed by atoms with Crippen molar-refractivity contribution in [2.24, 2.45) is 5.92 Å². The van der Waals surface area contributed by atoms with E-state index in [0.717, 1.165) is 82.6 Å². The average molecular weight is 458 g/mol. The van der Waals surface area contributed by atoms with Gasteiger partial charge >= 0.3 is 6.09 Å². The maximum atomic E-state index is 13.2. The highest BCUT2D eigenvalue weighted by molar-refractivity contribution is 5.96. The molecule has 3 fully saturated rings. The number of carbonyl (C=O) groups is 2. The standard InChI is InChI=1S/C25H39N5O3/c1-5-6-7-20-16-26-23(32)33-25(20)10-14-30(15-11-25)24(4)8-12-29(13-9-24)22(31)21-18(2)27-17-28-19(21)3/h17,20H,5-16H2,1-4H3,(H,26,32)/t20-/m0/s1. The van der Waals surface area contributed by atoms with Crippen LogP contribution in [0.1, 0.15) is 80.5 Å². The molecule has 4 heterocycles. The van der Waals surface area contributed by atoms with E-state index in [9.17, 15) is 9.59 Å². The normalized spacial score (nSPS) is 24.9. The summed E-state index contributed by atoms with van der Waals surface area (Å²) in [7, 11) is 0. The molecule has 0 radical (unpaired) electrons. The van der Waals surface area contributed by atoms with Crippen molar-refractivity contribution < 1.29 is 14.3 Å². The molecule has 2 amide bonds. The molecule has 0 aromatic carbocycles. The number of rotatable bonds is 5. The third-order valence-electron chi connectivity index (χ3n) is 8.38. The Kier molecular flexibility index (Phi) is 6.93. The van der Waals surface area contributed by atoms with Gasteiger partial charge in [0.1, 0.15) is 11.9 Å². The Bertz CT molecular complexity index is 853. The van der Waals surface area contributed by atoms with Gasteiger partial charge in [0.15, 0.2) is 0 Å². The maximum Gasteiger partial charge on any atom is 0.407 e. The van der Waals surface area contributed by atoms with E-state index in [1.165, 1.54) is 12.7 Å². The molecule has 8 heteroatoms. The fourth-order valence-corrected chi connectivity index (χ4v) is 6.02. The number of amides is 2. The highest BCUT2D eigenvalue weighted by Crippen LogP contribution is 2.41.